The van der Waals surface area contributed by atoms with E-state index in [9.17, 15) is 20.2 Å². The molecule has 8 heteroatoms. The largest absolute Gasteiger partial charge is 0.494 e. The van der Waals surface area contributed by atoms with Crippen LogP contribution in [-0.2, 0) is 4.79 Å². The predicted molar refractivity (Wildman–Crippen MR) is 103 cm³/mol. The molecule has 1 amide bonds. The van der Waals surface area contributed by atoms with Crippen LogP contribution in [0.15, 0.2) is 48.0 Å². The first kappa shape index (κ1) is 19.9. The Balaban J connectivity index is 2.16. The lowest BCUT2D eigenvalue weighted by atomic mass is 10.1. The summed E-state index contributed by atoms with van der Waals surface area (Å²) in [7, 11) is 0. The Morgan fingerprint density at radius 3 is 2.63 bits per heavy atom. The van der Waals surface area contributed by atoms with Crippen molar-refractivity contribution < 1.29 is 14.5 Å². The zero-order chi connectivity index (χ0) is 19.8. The molecule has 0 bridgehead atoms. The van der Waals surface area contributed by atoms with Crippen molar-refractivity contribution >= 4 is 35.0 Å². The number of amides is 1. The molecule has 0 aliphatic carbocycles. The molecule has 0 atom stereocenters. The number of benzene rings is 2. The Hall–Kier alpha value is -3.37. The third-order valence-electron chi connectivity index (χ3n) is 3.43. The van der Waals surface area contributed by atoms with Gasteiger partial charge in [0.05, 0.1) is 11.5 Å². The number of ether oxygens (including phenoxy) is 1. The van der Waals surface area contributed by atoms with Gasteiger partial charge in [-0.2, -0.15) is 5.26 Å². The fraction of sp³-hybridized carbons (Fsp3) is 0.158. The van der Waals surface area contributed by atoms with E-state index in [0.29, 0.717) is 17.9 Å². The third kappa shape index (κ3) is 5.56. The lowest BCUT2D eigenvalue weighted by Crippen LogP contribution is -2.13. The summed E-state index contributed by atoms with van der Waals surface area (Å²) >= 11 is 5.74. The molecule has 0 radical (unpaired) electrons. The van der Waals surface area contributed by atoms with Crippen LogP contribution < -0.4 is 10.1 Å². The topological polar surface area (TPSA) is 105 Å². The van der Waals surface area contributed by atoms with Gasteiger partial charge in [0.25, 0.3) is 11.6 Å². The molecule has 0 saturated heterocycles. The Morgan fingerprint density at radius 1 is 1.33 bits per heavy atom. The van der Waals surface area contributed by atoms with Gasteiger partial charge >= 0.3 is 0 Å². The van der Waals surface area contributed by atoms with Gasteiger partial charge in [0.1, 0.15) is 22.4 Å². The van der Waals surface area contributed by atoms with Gasteiger partial charge in [0.2, 0.25) is 0 Å². The highest BCUT2D eigenvalue weighted by molar-refractivity contribution is 6.32. The number of carbonyl (C=O) groups is 1. The highest BCUT2D eigenvalue weighted by atomic mass is 35.5. The quantitative estimate of drug-likeness (QED) is 0.325. The number of anilines is 1. The Labute approximate surface area is 161 Å². The molecular weight excluding hydrogens is 370 g/mol. The number of hydrogen-bond donors (Lipinski definition) is 1. The van der Waals surface area contributed by atoms with Crippen molar-refractivity contribution in [3.63, 3.8) is 0 Å². The van der Waals surface area contributed by atoms with Gasteiger partial charge in [0.15, 0.2) is 0 Å². The van der Waals surface area contributed by atoms with Crippen molar-refractivity contribution in [2.45, 2.75) is 13.3 Å². The smallest absolute Gasteiger partial charge is 0.289 e. The van der Waals surface area contributed by atoms with Crippen molar-refractivity contribution in [1.82, 2.24) is 0 Å². The molecule has 27 heavy (non-hydrogen) atoms. The first-order chi connectivity index (χ1) is 12.9. The van der Waals surface area contributed by atoms with E-state index in [-0.39, 0.29) is 22.0 Å². The fourth-order valence-corrected chi connectivity index (χ4v) is 2.31. The molecule has 0 aliphatic rings. The number of halogens is 1. The normalized spacial score (nSPS) is 10.8. The lowest BCUT2D eigenvalue weighted by Gasteiger charge is -2.06. The highest BCUT2D eigenvalue weighted by Gasteiger charge is 2.15. The standard InChI is InChI=1S/C19H16ClN3O4/c1-2-9-27-16-6-3-13(4-7-16)10-14(12-21)19(24)22-15-5-8-17(20)18(11-15)23(25)26/h3-8,10-11H,2,9H2,1H3,(H,22,24)/b14-10+. The van der Waals surface area contributed by atoms with Crippen LogP contribution in [0.5, 0.6) is 5.75 Å². The molecule has 2 aromatic carbocycles. The van der Waals surface area contributed by atoms with Gasteiger partial charge < -0.3 is 10.1 Å². The summed E-state index contributed by atoms with van der Waals surface area (Å²) in [5.74, 6) is 0.0193. The summed E-state index contributed by atoms with van der Waals surface area (Å²) in [5, 5.41) is 22.6. The third-order valence-corrected chi connectivity index (χ3v) is 3.75. The Bertz CT molecular complexity index is 918. The van der Waals surface area contributed by atoms with E-state index in [1.807, 2.05) is 13.0 Å². The minimum absolute atomic E-state index is 0.0422. The molecule has 1 N–H and O–H groups in total. The van der Waals surface area contributed by atoms with Crippen molar-refractivity contribution in [2.75, 3.05) is 11.9 Å². The molecule has 0 unspecified atom stereocenters. The maximum atomic E-state index is 12.3. The number of nitriles is 1. The van der Waals surface area contributed by atoms with E-state index in [1.54, 1.807) is 24.3 Å². The number of nitro benzene ring substituents is 1. The number of carbonyl (C=O) groups excluding carboxylic acids is 1. The SMILES string of the molecule is CCCOc1ccc(/C=C(\C#N)C(=O)Nc2ccc(Cl)c([N+](=O)[O-])c2)cc1. The predicted octanol–water partition coefficient (Wildman–Crippen LogP) is 4.58. The molecule has 0 aromatic heterocycles. The van der Waals surface area contributed by atoms with Gasteiger partial charge in [-0.15, -0.1) is 0 Å². The lowest BCUT2D eigenvalue weighted by molar-refractivity contribution is -0.384. The minimum Gasteiger partial charge on any atom is -0.494 e. The number of hydrogen-bond acceptors (Lipinski definition) is 5. The van der Waals surface area contributed by atoms with Crippen LogP contribution in [0.4, 0.5) is 11.4 Å². The van der Waals surface area contributed by atoms with E-state index in [2.05, 4.69) is 5.32 Å². The van der Waals surface area contributed by atoms with Crippen LogP contribution >= 0.6 is 11.6 Å². The number of nitro groups is 1. The average Bonchev–Trinajstić information content (AvgIpc) is 2.66. The first-order valence-corrected chi connectivity index (χ1v) is 8.42. The van der Waals surface area contributed by atoms with Crippen molar-refractivity contribution in [3.05, 3.63) is 68.7 Å². The highest BCUT2D eigenvalue weighted by Crippen LogP contribution is 2.27. The molecule has 2 rings (SSSR count). The number of nitrogens with zero attached hydrogens (tertiary/aromatic N) is 2. The molecule has 138 valence electrons. The van der Waals surface area contributed by atoms with Crippen LogP contribution in [0.1, 0.15) is 18.9 Å². The second-order valence-corrected chi connectivity index (χ2v) is 5.87. The Morgan fingerprint density at radius 2 is 2.04 bits per heavy atom. The summed E-state index contributed by atoms with van der Waals surface area (Å²) < 4.78 is 5.48. The molecule has 0 aliphatic heterocycles. The molecule has 0 fully saturated rings. The van der Waals surface area contributed by atoms with E-state index >= 15 is 0 Å². The second-order valence-electron chi connectivity index (χ2n) is 5.46. The summed E-state index contributed by atoms with van der Waals surface area (Å²) in [6.07, 6.45) is 2.31. The van der Waals surface area contributed by atoms with Crippen molar-refractivity contribution in [3.8, 4) is 11.8 Å². The second kappa shape index (κ2) is 9.36. The van der Waals surface area contributed by atoms with Gasteiger partial charge in [-0.05, 0) is 42.3 Å². The molecule has 0 saturated carbocycles. The van der Waals surface area contributed by atoms with Crippen LogP contribution in [0, 0.1) is 21.4 Å². The molecule has 0 heterocycles. The van der Waals surface area contributed by atoms with Crippen LogP contribution in [0.3, 0.4) is 0 Å². The van der Waals surface area contributed by atoms with E-state index in [1.165, 1.54) is 18.2 Å². The summed E-state index contributed by atoms with van der Waals surface area (Å²) in [4.78, 5) is 22.6. The maximum absolute atomic E-state index is 12.3. The van der Waals surface area contributed by atoms with E-state index in [0.717, 1.165) is 12.5 Å². The van der Waals surface area contributed by atoms with Gasteiger partial charge in [-0.25, -0.2) is 0 Å². The van der Waals surface area contributed by atoms with Gasteiger partial charge in [-0.1, -0.05) is 30.7 Å². The van der Waals surface area contributed by atoms with Crippen LogP contribution in [0.25, 0.3) is 6.08 Å². The minimum atomic E-state index is -0.680. The summed E-state index contributed by atoms with van der Waals surface area (Å²) in [6.45, 7) is 2.61. The van der Waals surface area contributed by atoms with Gasteiger partial charge in [-0.3, -0.25) is 14.9 Å². The molecular formula is C19H16ClN3O4. The van der Waals surface area contributed by atoms with Crippen molar-refractivity contribution in [2.24, 2.45) is 0 Å². The average molecular weight is 386 g/mol. The summed E-state index contributed by atoms with van der Waals surface area (Å²) in [5.41, 5.74) is 0.336. The zero-order valence-electron chi connectivity index (χ0n) is 14.4. The number of rotatable bonds is 7. The maximum Gasteiger partial charge on any atom is 0.289 e. The van der Waals surface area contributed by atoms with E-state index in [4.69, 9.17) is 16.3 Å². The molecule has 2 aromatic rings. The zero-order valence-corrected chi connectivity index (χ0v) is 15.2. The molecule has 7 nitrogen and oxygen atoms in total. The van der Waals surface area contributed by atoms with Gasteiger partial charge in [0, 0.05) is 11.8 Å². The molecule has 0 spiro atoms. The number of nitrogens with one attached hydrogen (secondary N) is 1. The summed E-state index contributed by atoms with van der Waals surface area (Å²) in [6, 6.07) is 12.6. The van der Waals surface area contributed by atoms with Crippen LogP contribution in [0.2, 0.25) is 5.02 Å². The Kier molecular flexibility index (Phi) is 6.92. The van der Waals surface area contributed by atoms with Crippen LogP contribution in [-0.4, -0.2) is 17.4 Å². The van der Waals surface area contributed by atoms with E-state index < -0.39 is 10.8 Å². The monoisotopic (exact) mass is 385 g/mol. The fourth-order valence-electron chi connectivity index (χ4n) is 2.12. The first-order valence-electron chi connectivity index (χ1n) is 8.04. The van der Waals surface area contributed by atoms with Crippen molar-refractivity contribution in [1.29, 1.82) is 5.26 Å².